The first kappa shape index (κ1) is 16.0. The summed E-state index contributed by atoms with van der Waals surface area (Å²) in [6.45, 7) is 4.95. The van der Waals surface area contributed by atoms with Crippen molar-refractivity contribution >= 4 is 0 Å². The van der Waals surface area contributed by atoms with Gasteiger partial charge in [-0.25, -0.2) is 0 Å². The summed E-state index contributed by atoms with van der Waals surface area (Å²) in [5.41, 5.74) is 0.906. The molecule has 1 unspecified atom stereocenters. The molecule has 0 fully saturated rings. The monoisotopic (exact) mass is 267 g/mol. The van der Waals surface area contributed by atoms with E-state index in [2.05, 4.69) is 12.2 Å². The Kier molecular flexibility index (Phi) is 8.21. The minimum atomic E-state index is -0.484. The van der Waals surface area contributed by atoms with Crippen molar-refractivity contribution in [2.75, 3.05) is 33.4 Å². The summed E-state index contributed by atoms with van der Waals surface area (Å²) in [6.07, 6.45) is 1.46. The number of rotatable bonds is 10. The van der Waals surface area contributed by atoms with Crippen LogP contribution >= 0.6 is 0 Å². The largest absolute Gasteiger partial charge is 0.494 e. The number of ether oxygens (including phenoxy) is 2. The molecule has 0 spiro atoms. The molecule has 2 N–H and O–H groups in total. The second-order valence-electron chi connectivity index (χ2n) is 4.48. The van der Waals surface area contributed by atoms with E-state index in [1.807, 2.05) is 24.3 Å². The topological polar surface area (TPSA) is 50.7 Å². The molecule has 0 radical (unpaired) electrons. The molecule has 0 aliphatic heterocycles. The van der Waals surface area contributed by atoms with Gasteiger partial charge < -0.3 is 19.9 Å². The zero-order chi connectivity index (χ0) is 13.9. The maximum absolute atomic E-state index is 10.0. The molecule has 1 aromatic carbocycles. The van der Waals surface area contributed by atoms with E-state index in [1.54, 1.807) is 7.11 Å². The van der Waals surface area contributed by atoms with Crippen molar-refractivity contribution in [3.05, 3.63) is 29.8 Å². The van der Waals surface area contributed by atoms with Gasteiger partial charge in [0, 0.05) is 20.3 Å². The molecule has 1 aromatic rings. The maximum atomic E-state index is 10.0. The molecule has 0 aliphatic carbocycles. The maximum Gasteiger partial charge on any atom is 0.119 e. The molecule has 0 saturated heterocycles. The van der Waals surface area contributed by atoms with Crippen molar-refractivity contribution < 1.29 is 14.6 Å². The first-order chi connectivity index (χ1) is 9.27. The second kappa shape index (κ2) is 9.78. The van der Waals surface area contributed by atoms with E-state index in [0.717, 1.165) is 43.9 Å². The highest BCUT2D eigenvalue weighted by Gasteiger charge is 2.06. The Labute approximate surface area is 115 Å². The van der Waals surface area contributed by atoms with E-state index in [1.165, 1.54) is 0 Å². The summed E-state index contributed by atoms with van der Waals surface area (Å²) in [7, 11) is 1.69. The van der Waals surface area contributed by atoms with Gasteiger partial charge in [-0.05, 0) is 37.1 Å². The van der Waals surface area contributed by atoms with Gasteiger partial charge in [0.1, 0.15) is 5.75 Å². The molecule has 0 aliphatic rings. The number of hydrogen-bond acceptors (Lipinski definition) is 4. The molecule has 0 amide bonds. The molecule has 1 rings (SSSR count). The third-order valence-electron chi connectivity index (χ3n) is 2.78. The fraction of sp³-hybridized carbons (Fsp3) is 0.600. The highest BCUT2D eigenvalue weighted by atomic mass is 16.5. The van der Waals surface area contributed by atoms with Gasteiger partial charge >= 0.3 is 0 Å². The lowest BCUT2D eigenvalue weighted by Crippen LogP contribution is -2.23. The molecule has 0 heterocycles. The van der Waals surface area contributed by atoms with Crippen molar-refractivity contribution in [1.29, 1.82) is 0 Å². The molecule has 1 atom stereocenters. The van der Waals surface area contributed by atoms with Gasteiger partial charge in [-0.3, -0.25) is 0 Å². The third kappa shape index (κ3) is 6.57. The van der Waals surface area contributed by atoms with Gasteiger partial charge in [0.2, 0.25) is 0 Å². The van der Waals surface area contributed by atoms with E-state index in [0.29, 0.717) is 6.54 Å². The van der Waals surface area contributed by atoms with Crippen molar-refractivity contribution in [1.82, 2.24) is 5.32 Å². The second-order valence-corrected chi connectivity index (χ2v) is 4.48. The standard InChI is InChI=1S/C15H25NO3/c1-3-10-19-14-7-5-13(6-8-14)15(17)12-16-9-4-11-18-2/h5-8,15-17H,3-4,9-12H2,1-2H3. The number of aliphatic hydroxyl groups is 1. The first-order valence-electron chi connectivity index (χ1n) is 6.88. The SMILES string of the molecule is CCCOc1ccc(C(O)CNCCCOC)cc1. The highest BCUT2D eigenvalue weighted by molar-refractivity contribution is 5.28. The summed E-state index contributed by atoms with van der Waals surface area (Å²) in [5.74, 6) is 0.853. The van der Waals surface area contributed by atoms with Crippen molar-refractivity contribution in [2.24, 2.45) is 0 Å². The first-order valence-corrected chi connectivity index (χ1v) is 6.88. The minimum absolute atomic E-state index is 0.484. The zero-order valence-corrected chi connectivity index (χ0v) is 11.9. The van der Waals surface area contributed by atoms with Crippen molar-refractivity contribution in [2.45, 2.75) is 25.9 Å². The Balaban J connectivity index is 2.29. The minimum Gasteiger partial charge on any atom is -0.494 e. The molecular weight excluding hydrogens is 242 g/mol. The van der Waals surface area contributed by atoms with E-state index in [-0.39, 0.29) is 0 Å². The van der Waals surface area contributed by atoms with Crippen molar-refractivity contribution in [3.63, 3.8) is 0 Å². The normalized spacial score (nSPS) is 12.4. The predicted molar refractivity (Wildman–Crippen MR) is 76.6 cm³/mol. The summed E-state index contributed by atoms with van der Waals surface area (Å²) < 4.78 is 10.5. The average molecular weight is 267 g/mol. The van der Waals surface area contributed by atoms with E-state index in [4.69, 9.17) is 9.47 Å². The van der Waals surface area contributed by atoms with Crippen LogP contribution in [0.5, 0.6) is 5.75 Å². The zero-order valence-electron chi connectivity index (χ0n) is 11.9. The quantitative estimate of drug-likeness (QED) is 0.638. The third-order valence-corrected chi connectivity index (χ3v) is 2.78. The Bertz CT molecular complexity index is 327. The lowest BCUT2D eigenvalue weighted by molar-refractivity contribution is 0.168. The van der Waals surface area contributed by atoms with Gasteiger partial charge in [0.25, 0.3) is 0 Å². The Morgan fingerprint density at radius 3 is 2.58 bits per heavy atom. The van der Waals surface area contributed by atoms with Gasteiger partial charge in [-0.15, -0.1) is 0 Å². The summed E-state index contributed by atoms with van der Waals surface area (Å²) >= 11 is 0. The number of benzene rings is 1. The average Bonchev–Trinajstić information content (AvgIpc) is 2.45. The predicted octanol–water partition coefficient (Wildman–Crippen LogP) is 2.13. The Morgan fingerprint density at radius 1 is 1.21 bits per heavy atom. The summed E-state index contributed by atoms with van der Waals surface area (Å²) in [4.78, 5) is 0. The van der Waals surface area contributed by atoms with E-state index >= 15 is 0 Å². The fourth-order valence-corrected chi connectivity index (χ4v) is 1.70. The van der Waals surface area contributed by atoms with Gasteiger partial charge in [-0.1, -0.05) is 19.1 Å². The van der Waals surface area contributed by atoms with Crippen LogP contribution in [0.4, 0.5) is 0 Å². The Morgan fingerprint density at radius 2 is 1.95 bits per heavy atom. The van der Waals surface area contributed by atoms with Gasteiger partial charge in [0.15, 0.2) is 0 Å². The molecule has 108 valence electrons. The number of aliphatic hydroxyl groups excluding tert-OH is 1. The lowest BCUT2D eigenvalue weighted by Gasteiger charge is -2.13. The molecule has 4 nitrogen and oxygen atoms in total. The van der Waals surface area contributed by atoms with Crippen LogP contribution in [0.1, 0.15) is 31.4 Å². The van der Waals surface area contributed by atoms with Gasteiger partial charge in [-0.2, -0.15) is 0 Å². The van der Waals surface area contributed by atoms with Crippen LogP contribution in [0.2, 0.25) is 0 Å². The molecule has 4 heteroatoms. The van der Waals surface area contributed by atoms with Gasteiger partial charge in [0.05, 0.1) is 12.7 Å². The van der Waals surface area contributed by atoms with E-state index in [9.17, 15) is 5.11 Å². The Hall–Kier alpha value is -1.10. The molecular formula is C15H25NO3. The summed E-state index contributed by atoms with van der Waals surface area (Å²) in [6, 6.07) is 7.62. The summed E-state index contributed by atoms with van der Waals surface area (Å²) in [5, 5.41) is 13.2. The number of hydrogen-bond donors (Lipinski definition) is 2. The van der Waals surface area contributed by atoms with Crippen LogP contribution in [0.15, 0.2) is 24.3 Å². The number of methoxy groups -OCH3 is 1. The van der Waals surface area contributed by atoms with Crippen LogP contribution in [0, 0.1) is 0 Å². The van der Waals surface area contributed by atoms with E-state index < -0.39 is 6.10 Å². The fourth-order valence-electron chi connectivity index (χ4n) is 1.70. The van der Waals surface area contributed by atoms with Crippen LogP contribution in [0.25, 0.3) is 0 Å². The molecule has 0 aromatic heterocycles. The van der Waals surface area contributed by atoms with Crippen LogP contribution in [-0.2, 0) is 4.74 Å². The highest BCUT2D eigenvalue weighted by Crippen LogP contribution is 2.17. The lowest BCUT2D eigenvalue weighted by atomic mass is 10.1. The molecule has 0 saturated carbocycles. The smallest absolute Gasteiger partial charge is 0.119 e. The van der Waals surface area contributed by atoms with Crippen LogP contribution in [0.3, 0.4) is 0 Å². The molecule has 0 bridgehead atoms. The van der Waals surface area contributed by atoms with Crippen LogP contribution < -0.4 is 10.1 Å². The van der Waals surface area contributed by atoms with Crippen molar-refractivity contribution in [3.8, 4) is 5.75 Å². The molecule has 19 heavy (non-hydrogen) atoms. The van der Waals surface area contributed by atoms with Crippen LogP contribution in [-0.4, -0.2) is 38.5 Å². The number of nitrogens with one attached hydrogen (secondary N) is 1.